The maximum atomic E-state index is 5.87. The van der Waals surface area contributed by atoms with Crippen LogP contribution in [0.5, 0.6) is 0 Å². The third-order valence-corrected chi connectivity index (χ3v) is 4.96. The molecule has 0 aromatic rings. The lowest BCUT2D eigenvalue weighted by Crippen LogP contribution is -2.50. The van der Waals surface area contributed by atoms with Crippen molar-refractivity contribution in [1.82, 2.24) is 10.2 Å². The summed E-state index contributed by atoms with van der Waals surface area (Å²) in [5.74, 6) is 0.730. The molecule has 3 nitrogen and oxygen atoms in total. The van der Waals surface area contributed by atoms with Crippen LogP contribution in [-0.2, 0) is 4.74 Å². The average Bonchev–Trinajstić information content (AvgIpc) is 2.42. The molecule has 2 fully saturated rings. The van der Waals surface area contributed by atoms with Crippen LogP contribution < -0.4 is 5.32 Å². The first-order chi connectivity index (χ1) is 10.2. The fraction of sp³-hybridized carbons (Fsp3) is 1.00. The van der Waals surface area contributed by atoms with Crippen LogP contribution in [0.25, 0.3) is 0 Å². The molecule has 0 aromatic heterocycles. The van der Waals surface area contributed by atoms with Gasteiger partial charge in [0.2, 0.25) is 0 Å². The van der Waals surface area contributed by atoms with Crippen molar-refractivity contribution in [1.29, 1.82) is 0 Å². The van der Waals surface area contributed by atoms with Gasteiger partial charge < -0.3 is 15.0 Å². The van der Waals surface area contributed by atoms with E-state index in [1.54, 1.807) is 0 Å². The summed E-state index contributed by atoms with van der Waals surface area (Å²) >= 11 is 0. The Kier molecular flexibility index (Phi) is 7.48. The summed E-state index contributed by atoms with van der Waals surface area (Å²) in [7, 11) is 0. The zero-order valence-corrected chi connectivity index (χ0v) is 14.3. The molecule has 0 aliphatic carbocycles. The van der Waals surface area contributed by atoms with Crippen LogP contribution in [0, 0.1) is 11.3 Å². The Hall–Kier alpha value is -0.120. The molecule has 0 radical (unpaired) electrons. The van der Waals surface area contributed by atoms with E-state index in [4.69, 9.17) is 4.74 Å². The molecule has 2 rings (SSSR count). The average molecular weight is 296 g/mol. The Bertz CT molecular complexity index is 266. The van der Waals surface area contributed by atoms with Gasteiger partial charge in [0.15, 0.2) is 0 Å². The molecular weight excluding hydrogens is 260 g/mol. The largest absolute Gasteiger partial charge is 0.381 e. The number of hydrogen-bond donors (Lipinski definition) is 1. The van der Waals surface area contributed by atoms with Crippen molar-refractivity contribution in [2.24, 2.45) is 11.3 Å². The maximum absolute atomic E-state index is 5.87. The van der Waals surface area contributed by atoms with E-state index in [9.17, 15) is 0 Å². The summed E-state index contributed by atoms with van der Waals surface area (Å²) in [6.07, 6.45) is 9.62. The SMILES string of the molecule is CC(C)CNCC1(CN2CCCCCCC2)CCCOC1. The van der Waals surface area contributed by atoms with Crippen LogP contribution >= 0.6 is 0 Å². The van der Waals surface area contributed by atoms with Crippen molar-refractivity contribution in [3.8, 4) is 0 Å². The molecule has 1 unspecified atom stereocenters. The predicted octanol–water partition coefficient (Wildman–Crippen LogP) is 3.29. The second-order valence-electron chi connectivity index (χ2n) is 7.72. The van der Waals surface area contributed by atoms with Crippen molar-refractivity contribution >= 4 is 0 Å². The Morgan fingerprint density at radius 3 is 2.38 bits per heavy atom. The smallest absolute Gasteiger partial charge is 0.0546 e. The van der Waals surface area contributed by atoms with Crippen LogP contribution in [-0.4, -0.2) is 50.8 Å². The van der Waals surface area contributed by atoms with Gasteiger partial charge in [0.1, 0.15) is 0 Å². The van der Waals surface area contributed by atoms with Crippen LogP contribution in [0.2, 0.25) is 0 Å². The molecule has 124 valence electrons. The van der Waals surface area contributed by atoms with Crippen molar-refractivity contribution < 1.29 is 4.74 Å². The van der Waals surface area contributed by atoms with Gasteiger partial charge in [-0.05, 0) is 51.2 Å². The second-order valence-corrected chi connectivity index (χ2v) is 7.72. The van der Waals surface area contributed by atoms with E-state index >= 15 is 0 Å². The van der Waals surface area contributed by atoms with E-state index in [0.717, 1.165) is 32.2 Å². The highest BCUT2D eigenvalue weighted by molar-refractivity contribution is 4.87. The molecule has 21 heavy (non-hydrogen) atoms. The van der Waals surface area contributed by atoms with E-state index < -0.39 is 0 Å². The zero-order chi connectivity index (χ0) is 15.0. The summed E-state index contributed by atoms with van der Waals surface area (Å²) in [5.41, 5.74) is 0.354. The summed E-state index contributed by atoms with van der Waals surface area (Å²) in [4.78, 5) is 2.73. The van der Waals surface area contributed by atoms with E-state index in [2.05, 4.69) is 24.1 Å². The van der Waals surface area contributed by atoms with Crippen molar-refractivity contribution in [3.05, 3.63) is 0 Å². The van der Waals surface area contributed by atoms with Gasteiger partial charge in [0.25, 0.3) is 0 Å². The molecule has 2 aliphatic rings. The second kappa shape index (κ2) is 9.12. The summed E-state index contributed by atoms with van der Waals surface area (Å²) in [6.45, 7) is 12.6. The van der Waals surface area contributed by atoms with E-state index in [1.807, 2.05) is 0 Å². The van der Waals surface area contributed by atoms with Crippen molar-refractivity contribution in [3.63, 3.8) is 0 Å². The summed E-state index contributed by atoms with van der Waals surface area (Å²) in [5, 5.41) is 3.71. The topological polar surface area (TPSA) is 24.5 Å². The van der Waals surface area contributed by atoms with Crippen LogP contribution in [0.15, 0.2) is 0 Å². The third-order valence-electron chi connectivity index (χ3n) is 4.96. The molecule has 0 amide bonds. The summed E-state index contributed by atoms with van der Waals surface area (Å²) in [6, 6.07) is 0. The highest BCUT2D eigenvalue weighted by Gasteiger charge is 2.34. The van der Waals surface area contributed by atoms with Gasteiger partial charge in [0, 0.05) is 25.1 Å². The monoisotopic (exact) mass is 296 g/mol. The van der Waals surface area contributed by atoms with Crippen molar-refractivity contribution in [2.45, 2.75) is 58.8 Å². The predicted molar refractivity (Wildman–Crippen MR) is 89.7 cm³/mol. The van der Waals surface area contributed by atoms with Gasteiger partial charge >= 0.3 is 0 Å². The molecule has 0 aromatic carbocycles. The molecule has 1 atom stereocenters. The van der Waals surface area contributed by atoms with Gasteiger partial charge in [-0.1, -0.05) is 33.1 Å². The molecule has 2 saturated heterocycles. The molecule has 0 saturated carbocycles. The molecule has 2 heterocycles. The van der Waals surface area contributed by atoms with E-state index in [0.29, 0.717) is 5.41 Å². The Balaban J connectivity index is 1.87. The highest BCUT2D eigenvalue weighted by Crippen LogP contribution is 2.30. The molecule has 0 spiro atoms. The number of hydrogen-bond acceptors (Lipinski definition) is 3. The normalized spacial score (nSPS) is 29.3. The fourth-order valence-electron chi connectivity index (χ4n) is 3.80. The van der Waals surface area contributed by atoms with Gasteiger partial charge in [-0.2, -0.15) is 0 Å². The van der Waals surface area contributed by atoms with Crippen LogP contribution in [0.3, 0.4) is 0 Å². The minimum Gasteiger partial charge on any atom is -0.381 e. The Morgan fingerprint density at radius 2 is 1.76 bits per heavy atom. The lowest BCUT2D eigenvalue weighted by atomic mass is 9.81. The first-order valence-corrected chi connectivity index (χ1v) is 9.21. The summed E-state index contributed by atoms with van der Waals surface area (Å²) < 4.78 is 5.87. The van der Waals surface area contributed by atoms with E-state index in [-0.39, 0.29) is 0 Å². The van der Waals surface area contributed by atoms with Crippen LogP contribution in [0.1, 0.15) is 58.8 Å². The maximum Gasteiger partial charge on any atom is 0.0546 e. The number of likely N-dealkylation sites (tertiary alicyclic amines) is 1. The fourth-order valence-corrected chi connectivity index (χ4v) is 3.80. The Morgan fingerprint density at radius 1 is 1.05 bits per heavy atom. The quantitative estimate of drug-likeness (QED) is 0.814. The standard InChI is InChI=1S/C18H36N2O/c1-17(2)13-19-14-18(9-8-12-21-16-18)15-20-10-6-4-3-5-7-11-20/h17,19H,3-16H2,1-2H3. The van der Waals surface area contributed by atoms with Gasteiger partial charge in [0.05, 0.1) is 6.61 Å². The highest BCUT2D eigenvalue weighted by atomic mass is 16.5. The molecular formula is C18H36N2O. The minimum atomic E-state index is 0.354. The van der Waals surface area contributed by atoms with Gasteiger partial charge in [-0.25, -0.2) is 0 Å². The molecule has 2 aliphatic heterocycles. The lowest BCUT2D eigenvalue weighted by Gasteiger charge is -2.41. The van der Waals surface area contributed by atoms with Crippen LogP contribution in [0.4, 0.5) is 0 Å². The lowest BCUT2D eigenvalue weighted by molar-refractivity contribution is -0.0273. The molecule has 3 heteroatoms. The Labute approximate surface area is 131 Å². The van der Waals surface area contributed by atoms with Crippen molar-refractivity contribution in [2.75, 3.05) is 45.9 Å². The number of nitrogens with zero attached hydrogens (tertiary/aromatic N) is 1. The molecule has 1 N–H and O–H groups in total. The number of rotatable bonds is 6. The number of nitrogens with one attached hydrogen (secondary N) is 1. The minimum absolute atomic E-state index is 0.354. The van der Waals surface area contributed by atoms with Gasteiger partial charge in [-0.15, -0.1) is 0 Å². The zero-order valence-electron chi connectivity index (χ0n) is 14.3. The third kappa shape index (κ3) is 6.25. The molecule has 0 bridgehead atoms. The van der Waals surface area contributed by atoms with Gasteiger partial charge in [-0.3, -0.25) is 0 Å². The first kappa shape index (κ1) is 17.2. The number of ether oxygens (including phenoxy) is 1. The first-order valence-electron chi connectivity index (χ1n) is 9.21. The van der Waals surface area contributed by atoms with E-state index in [1.165, 1.54) is 64.6 Å².